The van der Waals surface area contributed by atoms with Gasteiger partial charge in [0.15, 0.2) is 6.61 Å². The maximum absolute atomic E-state index is 13.0. The molecule has 0 unspecified atom stereocenters. The molecular formula is C25H25N3O4S. The third-order valence-corrected chi connectivity index (χ3v) is 6.46. The van der Waals surface area contributed by atoms with Crippen LogP contribution in [0.2, 0.25) is 0 Å². The van der Waals surface area contributed by atoms with E-state index in [9.17, 15) is 9.59 Å². The van der Waals surface area contributed by atoms with Gasteiger partial charge in [0.1, 0.15) is 0 Å². The minimum absolute atomic E-state index is 0.261. The highest BCUT2D eigenvalue weighted by molar-refractivity contribution is 7.12. The first-order valence-electron chi connectivity index (χ1n) is 10.7. The topological polar surface area (TPSA) is 94.3 Å². The van der Waals surface area contributed by atoms with Gasteiger partial charge >= 0.3 is 5.97 Å². The van der Waals surface area contributed by atoms with Gasteiger partial charge in [-0.3, -0.25) is 4.79 Å². The van der Waals surface area contributed by atoms with Crippen molar-refractivity contribution in [3.8, 4) is 11.3 Å². The summed E-state index contributed by atoms with van der Waals surface area (Å²) in [6.45, 7) is 9.30. The Balaban J connectivity index is 1.59. The molecule has 4 aromatic rings. The number of benzene rings is 1. The number of ether oxygens (including phenoxy) is 1. The Kier molecular flexibility index (Phi) is 6.29. The first-order valence-corrected chi connectivity index (χ1v) is 11.5. The maximum Gasteiger partial charge on any atom is 0.339 e. The number of fused-ring (bicyclic) bond motifs is 1. The smallest absolute Gasteiger partial charge is 0.339 e. The predicted octanol–water partition coefficient (Wildman–Crippen LogP) is 5.54. The summed E-state index contributed by atoms with van der Waals surface area (Å²) in [5.41, 5.74) is 5.33. The fourth-order valence-corrected chi connectivity index (χ4v) is 4.80. The summed E-state index contributed by atoms with van der Waals surface area (Å²) in [5, 5.41) is 7.32. The Hall–Kier alpha value is -3.52. The van der Waals surface area contributed by atoms with Gasteiger partial charge in [0.2, 0.25) is 0 Å². The van der Waals surface area contributed by atoms with E-state index in [1.54, 1.807) is 24.3 Å². The molecular weight excluding hydrogens is 438 g/mol. The molecule has 33 heavy (non-hydrogen) atoms. The maximum atomic E-state index is 13.0. The second kappa shape index (κ2) is 9.15. The zero-order chi connectivity index (χ0) is 23.7. The van der Waals surface area contributed by atoms with Gasteiger partial charge in [0.05, 0.1) is 22.3 Å². The molecule has 0 aliphatic heterocycles. The fourth-order valence-electron chi connectivity index (χ4n) is 3.87. The minimum Gasteiger partial charge on any atom is -0.452 e. The molecule has 0 aliphatic carbocycles. The van der Waals surface area contributed by atoms with Crippen LogP contribution in [0.4, 0.5) is 5.69 Å². The van der Waals surface area contributed by atoms with Crippen molar-refractivity contribution in [3.63, 3.8) is 0 Å². The summed E-state index contributed by atoms with van der Waals surface area (Å²) >= 11 is 1.65. The highest BCUT2D eigenvalue weighted by Crippen LogP contribution is 2.33. The van der Waals surface area contributed by atoms with Gasteiger partial charge in [-0.15, -0.1) is 11.3 Å². The van der Waals surface area contributed by atoms with Crippen molar-refractivity contribution in [1.82, 2.24) is 10.1 Å². The summed E-state index contributed by atoms with van der Waals surface area (Å²) in [6, 6.07) is 9.55. The van der Waals surface area contributed by atoms with E-state index in [1.165, 1.54) is 0 Å². The Labute approximate surface area is 195 Å². The van der Waals surface area contributed by atoms with Crippen LogP contribution in [0, 0.1) is 27.7 Å². The molecule has 0 atom stereocenters. The Morgan fingerprint density at radius 3 is 2.64 bits per heavy atom. The zero-order valence-electron chi connectivity index (χ0n) is 19.2. The number of carbonyl (C=O) groups is 2. The van der Waals surface area contributed by atoms with E-state index in [2.05, 4.69) is 15.5 Å². The van der Waals surface area contributed by atoms with Crippen molar-refractivity contribution in [2.24, 2.45) is 0 Å². The van der Waals surface area contributed by atoms with Gasteiger partial charge < -0.3 is 14.6 Å². The molecule has 0 radical (unpaired) electrons. The Morgan fingerprint density at radius 2 is 1.94 bits per heavy atom. The third-order valence-electron chi connectivity index (χ3n) is 5.49. The van der Waals surface area contributed by atoms with E-state index < -0.39 is 18.5 Å². The average Bonchev–Trinajstić information content (AvgIpc) is 3.33. The number of para-hydroxylation sites is 1. The molecule has 0 saturated heterocycles. The van der Waals surface area contributed by atoms with Crippen molar-refractivity contribution < 1.29 is 18.8 Å². The van der Waals surface area contributed by atoms with Crippen LogP contribution in [0.15, 0.2) is 34.9 Å². The fraction of sp³-hybridized carbons (Fsp3) is 0.280. The van der Waals surface area contributed by atoms with Gasteiger partial charge in [0.25, 0.3) is 11.6 Å². The number of nitrogens with one attached hydrogen (secondary N) is 1. The Bertz CT molecular complexity index is 1370. The van der Waals surface area contributed by atoms with E-state index in [1.807, 2.05) is 52.0 Å². The summed E-state index contributed by atoms with van der Waals surface area (Å²) in [6.07, 6.45) is 0.781. The SMILES string of the molecule is CCc1cccc(C)c1NC(=O)COC(=O)c1cc(-c2cc(C)sc2C)nc2onc(C)c12. The van der Waals surface area contributed by atoms with Crippen molar-refractivity contribution in [3.05, 3.63) is 62.5 Å². The van der Waals surface area contributed by atoms with Gasteiger partial charge in [0, 0.05) is 21.0 Å². The standard InChI is InChI=1S/C25H25N3O4S/c1-6-17-9-7-8-13(2)23(17)27-21(29)12-31-25(30)19-11-20(18-10-14(3)33-16(18)5)26-24-22(19)15(4)28-32-24/h7-11H,6,12H2,1-5H3,(H,27,29). The summed E-state index contributed by atoms with van der Waals surface area (Å²) < 4.78 is 10.7. The molecule has 3 heterocycles. The van der Waals surface area contributed by atoms with Crippen LogP contribution in [0.25, 0.3) is 22.4 Å². The van der Waals surface area contributed by atoms with E-state index in [4.69, 9.17) is 9.26 Å². The van der Waals surface area contributed by atoms with Crippen molar-refractivity contribution in [2.75, 3.05) is 11.9 Å². The lowest BCUT2D eigenvalue weighted by Crippen LogP contribution is -2.22. The molecule has 8 heteroatoms. The number of hydrogen-bond acceptors (Lipinski definition) is 7. The van der Waals surface area contributed by atoms with E-state index >= 15 is 0 Å². The summed E-state index contributed by atoms with van der Waals surface area (Å²) in [7, 11) is 0. The number of aromatic nitrogens is 2. The highest BCUT2D eigenvalue weighted by atomic mass is 32.1. The first-order chi connectivity index (χ1) is 15.8. The van der Waals surface area contributed by atoms with Gasteiger partial charge in [-0.1, -0.05) is 30.3 Å². The number of anilines is 1. The summed E-state index contributed by atoms with van der Waals surface area (Å²) in [4.78, 5) is 32.4. The average molecular weight is 464 g/mol. The normalized spacial score (nSPS) is 11.1. The van der Waals surface area contributed by atoms with Gasteiger partial charge in [-0.2, -0.15) is 0 Å². The number of esters is 1. The number of pyridine rings is 1. The summed E-state index contributed by atoms with van der Waals surface area (Å²) in [5.74, 6) is -1.03. The molecule has 7 nitrogen and oxygen atoms in total. The number of aryl methyl sites for hydroxylation is 5. The van der Waals surface area contributed by atoms with Gasteiger partial charge in [-0.25, -0.2) is 9.78 Å². The molecule has 0 aliphatic rings. The highest BCUT2D eigenvalue weighted by Gasteiger charge is 2.22. The first kappa shape index (κ1) is 22.7. The number of rotatable bonds is 6. The minimum atomic E-state index is -0.629. The van der Waals surface area contributed by atoms with Crippen LogP contribution in [0.5, 0.6) is 0 Å². The molecule has 0 bridgehead atoms. The van der Waals surface area contributed by atoms with Crippen molar-refractivity contribution in [2.45, 2.75) is 41.0 Å². The van der Waals surface area contributed by atoms with Crippen LogP contribution in [0.3, 0.4) is 0 Å². The molecule has 0 fully saturated rings. The lowest BCUT2D eigenvalue weighted by Gasteiger charge is -2.13. The van der Waals surface area contributed by atoms with E-state index in [-0.39, 0.29) is 11.3 Å². The van der Waals surface area contributed by atoms with Crippen molar-refractivity contribution in [1.29, 1.82) is 0 Å². The molecule has 0 spiro atoms. The second-order valence-electron chi connectivity index (χ2n) is 7.92. The van der Waals surface area contributed by atoms with Crippen molar-refractivity contribution >= 4 is 40.0 Å². The molecule has 0 saturated carbocycles. The molecule has 170 valence electrons. The van der Waals surface area contributed by atoms with Crippen LogP contribution in [-0.4, -0.2) is 28.6 Å². The number of hydrogen-bond donors (Lipinski definition) is 1. The Morgan fingerprint density at radius 1 is 1.15 bits per heavy atom. The molecule has 1 N–H and O–H groups in total. The van der Waals surface area contributed by atoms with E-state index in [0.717, 1.165) is 38.6 Å². The lowest BCUT2D eigenvalue weighted by atomic mass is 10.1. The number of amides is 1. The van der Waals surface area contributed by atoms with Crippen LogP contribution in [0.1, 0.15) is 43.9 Å². The lowest BCUT2D eigenvalue weighted by molar-refractivity contribution is -0.119. The molecule has 4 rings (SSSR count). The van der Waals surface area contributed by atoms with E-state index in [0.29, 0.717) is 16.8 Å². The molecule has 3 aromatic heterocycles. The monoisotopic (exact) mass is 463 g/mol. The zero-order valence-corrected chi connectivity index (χ0v) is 20.1. The molecule has 1 amide bonds. The number of carbonyl (C=O) groups excluding carboxylic acids is 2. The van der Waals surface area contributed by atoms with Crippen LogP contribution >= 0.6 is 11.3 Å². The second-order valence-corrected chi connectivity index (χ2v) is 9.38. The molecule has 1 aromatic carbocycles. The third kappa shape index (κ3) is 4.52. The quantitative estimate of drug-likeness (QED) is 0.377. The number of nitrogens with zero attached hydrogens (tertiary/aromatic N) is 2. The largest absolute Gasteiger partial charge is 0.452 e. The predicted molar refractivity (Wildman–Crippen MR) is 129 cm³/mol. The van der Waals surface area contributed by atoms with Gasteiger partial charge in [-0.05, 0) is 57.4 Å². The number of thiophene rings is 1. The van der Waals surface area contributed by atoms with Crippen LogP contribution < -0.4 is 5.32 Å². The van der Waals surface area contributed by atoms with Crippen LogP contribution in [-0.2, 0) is 16.0 Å².